The van der Waals surface area contributed by atoms with Gasteiger partial charge in [0.2, 0.25) is 5.91 Å². The van der Waals surface area contributed by atoms with Gasteiger partial charge in [0, 0.05) is 43.3 Å². The lowest BCUT2D eigenvalue weighted by Gasteiger charge is -2.34. The van der Waals surface area contributed by atoms with Crippen molar-refractivity contribution in [2.45, 2.75) is 11.7 Å². The van der Waals surface area contributed by atoms with Gasteiger partial charge in [-0.1, -0.05) is 41.6 Å². The highest BCUT2D eigenvalue weighted by molar-refractivity contribution is 7.99. The number of aromatic amines is 1. The smallest absolute Gasteiger partial charge is 0.233 e. The number of piperazine rings is 1. The van der Waals surface area contributed by atoms with E-state index in [1.807, 2.05) is 29.2 Å². The Morgan fingerprint density at radius 3 is 2.68 bits per heavy atom. The lowest BCUT2D eigenvalue weighted by atomic mass is 10.2. The molecule has 1 aliphatic rings. The Kier molecular flexibility index (Phi) is 5.85. The first kappa shape index (κ1) is 19.2. The minimum atomic E-state index is -0.284. The molecule has 28 heavy (non-hydrogen) atoms. The molecule has 1 N–H and O–H groups in total. The van der Waals surface area contributed by atoms with Crippen molar-refractivity contribution in [2.75, 3.05) is 31.9 Å². The highest BCUT2D eigenvalue weighted by Crippen LogP contribution is 2.22. The second kappa shape index (κ2) is 8.51. The number of fused-ring (bicyclic) bond motifs is 1. The maximum absolute atomic E-state index is 14.0. The van der Waals surface area contributed by atoms with Gasteiger partial charge in [-0.3, -0.25) is 9.69 Å². The molecule has 146 valence electrons. The van der Waals surface area contributed by atoms with Gasteiger partial charge in [0.05, 0.1) is 16.8 Å². The van der Waals surface area contributed by atoms with E-state index in [4.69, 9.17) is 11.6 Å². The number of hydrogen-bond acceptors (Lipinski definition) is 4. The minimum Gasteiger partial charge on any atom is -0.339 e. The fraction of sp³-hybridized carbons (Fsp3) is 0.300. The van der Waals surface area contributed by atoms with Crippen LogP contribution in [0.2, 0.25) is 5.02 Å². The van der Waals surface area contributed by atoms with E-state index in [1.54, 1.807) is 12.1 Å². The van der Waals surface area contributed by atoms with Crippen LogP contribution >= 0.6 is 23.4 Å². The summed E-state index contributed by atoms with van der Waals surface area (Å²) in [4.78, 5) is 24.2. The van der Waals surface area contributed by atoms with Gasteiger partial charge in [0.15, 0.2) is 5.16 Å². The number of nitrogens with zero attached hydrogens (tertiary/aromatic N) is 3. The summed E-state index contributed by atoms with van der Waals surface area (Å²) >= 11 is 7.53. The van der Waals surface area contributed by atoms with Crippen molar-refractivity contribution in [1.82, 2.24) is 19.8 Å². The molecule has 0 saturated carbocycles. The van der Waals surface area contributed by atoms with Crippen LogP contribution in [0, 0.1) is 5.82 Å². The normalized spacial score (nSPS) is 15.3. The molecule has 4 rings (SSSR count). The molecule has 2 aromatic carbocycles. The first-order chi connectivity index (χ1) is 13.6. The van der Waals surface area contributed by atoms with Crippen molar-refractivity contribution >= 4 is 40.3 Å². The number of halogens is 2. The maximum atomic E-state index is 14.0. The zero-order valence-corrected chi connectivity index (χ0v) is 16.8. The lowest BCUT2D eigenvalue weighted by Crippen LogP contribution is -2.48. The molecular formula is C20H20ClFN4OS. The predicted molar refractivity (Wildman–Crippen MR) is 110 cm³/mol. The Bertz CT molecular complexity index is 934. The van der Waals surface area contributed by atoms with Gasteiger partial charge in [-0.25, -0.2) is 9.37 Å². The van der Waals surface area contributed by atoms with Gasteiger partial charge >= 0.3 is 0 Å². The van der Waals surface area contributed by atoms with Crippen molar-refractivity contribution in [2.24, 2.45) is 0 Å². The van der Waals surface area contributed by atoms with Crippen LogP contribution in [0.1, 0.15) is 5.56 Å². The van der Waals surface area contributed by atoms with E-state index < -0.39 is 0 Å². The summed E-state index contributed by atoms with van der Waals surface area (Å²) in [6.45, 7) is 3.12. The largest absolute Gasteiger partial charge is 0.339 e. The number of hydrogen-bond donors (Lipinski definition) is 1. The number of H-pyrrole nitrogens is 1. The number of amides is 1. The Morgan fingerprint density at radius 2 is 1.93 bits per heavy atom. The first-order valence-electron chi connectivity index (χ1n) is 9.11. The Morgan fingerprint density at radius 1 is 1.14 bits per heavy atom. The van der Waals surface area contributed by atoms with Crippen LogP contribution in [0.4, 0.5) is 4.39 Å². The summed E-state index contributed by atoms with van der Waals surface area (Å²) in [6.07, 6.45) is 0. The molecular weight excluding hydrogens is 399 g/mol. The van der Waals surface area contributed by atoms with Crippen LogP contribution < -0.4 is 0 Å². The molecule has 5 nitrogen and oxygen atoms in total. The second-order valence-electron chi connectivity index (χ2n) is 6.70. The number of imidazole rings is 1. The van der Waals surface area contributed by atoms with E-state index >= 15 is 0 Å². The molecule has 1 amide bonds. The molecule has 1 aromatic heterocycles. The molecule has 1 aliphatic heterocycles. The number of thioether (sulfide) groups is 1. The van der Waals surface area contributed by atoms with Crippen molar-refractivity contribution in [3.8, 4) is 0 Å². The first-order valence-corrected chi connectivity index (χ1v) is 10.5. The summed E-state index contributed by atoms with van der Waals surface area (Å²) in [7, 11) is 0. The predicted octanol–water partition coefficient (Wildman–Crippen LogP) is 3.79. The summed E-state index contributed by atoms with van der Waals surface area (Å²) in [5.41, 5.74) is 2.39. The van der Waals surface area contributed by atoms with Crippen LogP contribution in [-0.4, -0.2) is 57.6 Å². The Balaban J connectivity index is 1.28. The van der Waals surface area contributed by atoms with Gasteiger partial charge in [-0.2, -0.15) is 0 Å². The molecule has 0 unspecified atom stereocenters. The van der Waals surface area contributed by atoms with Gasteiger partial charge in [-0.05, 0) is 24.3 Å². The summed E-state index contributed by atoms with van der Waals surface area (Å²) in [5, 5.41) is 1.20. The molecule has 2 heterocycles. The summed E-state index contributed by atoms with van der Waals surface area (Å²) in [6, 6.07) is 12.5. The average molecular weight is 419 g/mol. The molecule has 1 fully saturated rings. The molecule has 0 aliphatic carbocycles. The van der Waals surface area contributed by atoms with E-state index in [9.17, 15) is 9.18 Å². The van der Waals surface area contributed by atoms with Crippen molar-refractivity contribution in [3.05, 3.63) is 58.9 Å². The SMILES string of the molecule is O=C(CSc1nc2ccccc2[nH]1)N1CCN(Cc2c(F)cccc2Cl)CC1. The van der Waals surface area contributed by atoms with Crippen molar-refractivity contribution in [1.29, 1.82) is 0 Å². The number of para-hydroxylation sites is 2. The molecule has 0 bridgehead atoms. The zero-order valence-electron chi connectivity index (χ0n) is 15.2. The molecule has 3 aromatic rings. The highest BCUT2D eigenvalue weighted by Gasteiger charge is 2.22. The Hall–Kier alpha value is -2.09. The van der Waals surface area contributed by atoms with E-state index in [0.717, 1.165) is 16.2 Å². The third kappa shape index (κ3) is 4.32. The number of benzene rings is 2. The average Bonchev–Trinajstić information content (AvgIpc) is 3.12. The second-order valence-corrected chi connectivity index (χ2v) is 8.08. The van der Waals surface area contributed by atoms with E-state index in [-0.39, 0.29) is 11.7 Å². The fourth-order valence-electron chi connectivity index (χ4n) is 3.28. The van der Waals surface area contributed by atoms with Crippen molar-refractivity contribution < 1.29 is 9.18 Å². The number of aromatic nitrogens is 2. The molecule has 0 spiro atoms. The topological polar surface area (TPSA) is 52.2 Å². The number of carbonyl (C=O) groups excluding carboxylic acids is 1. The van der Waals surface area contributed by atoms with Crippen LogP contribution in [-0.2, 0) is 11.3 Å². The third-order valence-corrected chi connectivity index (χ3v) is 6.08. The molecule has 8 heteroatoms. The molecule has 0 atom stereocenters. The Labute approximate surface area is 171 Å². The van der Waals surface area contributed by atoms with Crippen LogP contribution in [0.5, 0.6) is 0 Å². The van der Waals surface area contributed by atoms with Crippen LogP contribution in [0.15, 0.2) is 47.6 Å². The number of nitrogens with one attached hydrogen (secondary N) is 1. The minimum absolute atomic E-state index is 0.0917. The number of carbonyl (C=O) groups is 1. The van der Waals surface area contributed by atoms with Gasteiger partial charge in [0.25, 0.3) is 0 Å². The van der Waals surface area contributed by atoms with Crippen LogP contribution in [0.25, 0.3) is 11.0 Å². The van der Waals surface area contributed by atoms with Gasteiger partial charge in [0.1, 0.15) is 5.82 Å². The standard InChI is InChI=1S/C20H20ClFN4OS/c21-15-4-3-5-16(22)14(15)12-25-8-10-26(11-9-25)19(27)13-28-20-23-17-6-1-2-7-18(17)24-20/h1-7H,8-13H2,(H,23,24). The van der Waals surface area contributed by atoms with E-state index in [2.05, 4.69) is 14.9 Å². The molecule has 1 saturated heterocycles. The van der Waals surface area contributed by atoms with E-state index in [1.165, 1.54) is 17.8 Å². The molecule has 0 radical (unpaired) electrons. The van der Waals surface area contributed by atoms with Crippen LogP contribution in [0.3, 0.4) is 0 Å². The summed E-state index contributed by atoms with van der Waals surface area (Å²) in [5.74, 6) is 0.154. The van der Waals surface area contributed by atoms with Gasteiger partial charge < -0.3 is 9.88 Å². The van der Waals surface area contributed by atoms with Crippen molar-refractivity contribution in [3.63, 3.8) is 0 Å². The maximum Gasteiger partial charge on any atom is 0.233 e. The lowest BCUT2D eigenvalue weighted by molar-refractivity contribution is -0.130. The summed E-state index contributed by atoms with van der Waals surface area (Å²) < 4.78 is 14.0. The number of rotatable bonds is 5. The van der Waals surface area contributed by atoms with E-state index in [0.29, 0.717) is 49.1 Å². The third-order valence-electron chi connectivity index (χ3n) is 4.87. The monoisotopic (exact) mass is 418 g/mol. The zero-order chi connectivity index (χ0) is 19.5. The fourth-order valence-corrected chi connectivity index (χ4v) is 4.29. The quantitative estimate of drug-likeness (QED) is 0.640. The van der Waals surface area contributed by atoms with Gasteiger partial charge in [-0.15, -0.1) is 0 Å². The highest BCUT2D eigenvalue weighted by atomic mass is 35.5.